The molecule has 1 heterocycles. The number of rotatable bonds is 5. The van der Waals surface area contributed by atoms with Gasteiger partial charge < -0.3 is 15.6 Å². The third-order valence-electron chi connectivity index (χ3n) is 5.16. The summed E-state index contributed by atoms with van der Waals surface area (Å²) in [6.45, 7) is 0.805. The largest absolute Gasteiger partial charge is 0.497 e. The van der Waals surface area contributed by atoms with Crippen molar-refractivity contribution in [2.75, 3.05) is 13.7 Å². The zero-order valence-electron chi connectivity index (χ0n) is 18.3. The molecule has 34 heavy (non-hydrogen) atoms. The summed E-state index contributed by atoms with van der Waals surface area (Å²) in [6, 6.07) is 14.7. The van der Waals surface area contributed by atoms with E-state index in [1.807, 2.05) is 0 Å². The second-order valence-electron chi connectivity index (χ2n) is 7.59. The highest BCUT2D eigenvalue weighted by Crippen LogP contribution is 2.22. The zero-order chi connectivity index (χ0) is 24.8. The van der Waals surface area contributed by atoms with Gasteiger partial charge in [-0.15, -0.1) is 0 Å². The number of primary amides is 1. The minimum atomic E-state index is -1.06. The molecule has 0 aromatic heterocycles. The van der Waals surface area contributed by atoms with Crippen LogP contribution in [0, 0.1) is 11.6 Å². The van der Waals surface area contributed by atoms with Crippen LogP contribution in [0.15, 0.2) is 60.7 Å². The Morgan fingerprint density at radius 1 is 1.00 bits per heavy atom. The third kappa shape index (κ3) is 6.02. The fraction of sp³-hybridized carbons (Fsp3) is 0.160. The second-order valence-corrected chi connectivity index (χ2v) is 7.59. The lowest BCUT2D eigenvalue weighted by Gasteiger charge is -2.28. The molecule has 0 unspecified atom stereocenters. The fourth-order valence-corrected chi connectivity index (χ4v) is 3.50. The number of hydrogen-bond acceptors (Lipinski definition) is 5. The van der Waals surface area contributed by atoms with Gasteiger partial charge in [0.15, 0.2) is 17.4 Å². The van der Waals surface area contributed by atoms with Gasteiger partial charge >= 0.3 is 5.97 Å². The standard InChI is InChI=1S/C17H13F2NO3.C8H9NO2/c18-14-4-1-10(5-15(14)19)7-20-8-12-6-11(17(22)23)2-3-13(12)16(21)9-20;1-11-7-4-2-3-6(5-7)8(9)10/h1-6H,7-9H2,(H,22,23);2-5H,1H3,(H2,9,10). The normalized spacial score (nSPS) is 12.9. The summed E-state index contributed by atoms with van der Waals surface area (Å²) in [5, 5.41) is 9.03. The number of carboxylic acids is 1. The number of fused-ring (bicyclic) bond motifs is 1. The van der Waals surface area contributed by atoms with Gasteiger partial charge in [0, 0.05) is 24.2 Å². The van der Waals surface area contributed by atoms with Crippen LogP contribution in [-0.4, -0.2) is 41.3 Å². The summed E-state index contributed by atoms with van der Waals surface area (Å²) in [5.74, 6) is -2.83. The molecule has 3 aromatic carbocycles. The Morgan fingerprint density at radius 3 is 2.41 bits per heavy atom. The van der Waals surface area contributed by atoms with Gasteiger partial charge in [0.25, 0.3) is 0 Å². The molecule has 0 saturated heterocycles. The van der Waals surface area contributed by atoms with E-state index in [1.165, 1.54) is 24.3 Å². The predicted molar refractivity (Wildman–Crippen MR) is 120 cm³/mol. The number of hydrogen-bond donors (Lipinski definition) is 2. The number of benzene rings is 3. The zero-order valence-corrected chi connectivity index (χ0v) is 18.3. The monoisotopic (exact) mass is 468 g/mol. The van der Waals surface area contributed by atoms with Crippen LogP contribution < -0.4 is 10.5 Å². The number of halogens is 2. The predicted octanol–water partition coefficient (Wildman–Crippen LogP) is 3.66. The van der Waals surface area contributed by atoms with E-state index in [9.17, 15) is 23.2 Å². The van der Waals surface area contributed by atoms with Crippen LogP contribution in [0.3, 0.4) is 0 Å². The average molecular weight is 468 g/mol. The molecule has 0 radical (unpaired) electrons. The number of ketones is 1. The summed E-state index contributed by atoms with van der Waals surface area (Å²) in [7, 11) is 1.54. The lowest BCUT2D eigenvalue weighted by Crippen LogP contribution is -2.34. The van der Waals surface area contributed by atoms with Crippen molar-refractivity contribution in [1.82, 2.24) is 4.90 Å². The maximum absolute atomic E-state index is 13.3. The molecule has 0 bridgehead atoms. The van der Waals surface area contributed by atoms with Crippen LogP contribution in [-0.2, 0) is 13.1 Å². The average Bonchev–Trinajstić information content (AvgIpc) is 2.81. The Hall–Kier alpha value is -4.11. The van der Waals surface area contributed by atoms with Crippen LogP contribution in [0.5, 0.6) is 5.75 Å². The molecule has 3 aromatic rings. The SMILES string of the molecule is COc1cccc(C(N)=O)c1.O=C(O)c1ccc2c(c1)CN(Cc1ccc(F)c(F)c1)CC2=O. The van der Waals surface area contributed by atoms with Crippen molar-refractivity contribution < 1.29 is 33.0 Å². The summed E-state index contributed by atoms with van der Waals surface area (Å²) < 4.78 is 31.1. The highest BCUT2D eigenvalue weighted by molar-refractivity contribution is 6.01. The smallest absolute Gasteiger partial charge is 0.335 e. The molecule has 7 nitrogen and oxygen atoms in total. The first-order valence-electron chi connectivity index (χ1n) is 10.2. The van der Waals surface area contributed by atoms with E-state index < -0.39 is 23.5 Å². The van der Waals surface area contributed by atoms with Crippen molar-refractivity contribution in [3.05, 3.63) is 100 Å². The Bertz CT molecular complexity index is 1250. The van der Waals surface area contributed by atoms with E-state index in [0.717, 1.165) is 12.1 Å². The molecular weight excluding hydrogens is 446 g/mol. The van der Waals surface area contributed by atoms with Crippen molar-refractivity contribution in [2.24, 2.45) is 5.73 Å². The van der Waals surface area contributed by atoms with Gasteiger partial charge in [0.2, 0.25) is 5.91 Å². The fourth-order valence-electron chi connectivity index (χ4n) is 3.50. The molecule has 1 aliphatic rings. The first-order valence-corrected chi connectivity index (χ1v) is 10.2. The van der Waals surface area contributed by atoms with Crippen LogP contribution in [0.25, 0.3) is 0 Å². The van der Waals surface area contributed by atoms with E-state index in [1.54, 1.807) is 36.3 Å². The molecule has 4 rings (SSSR count). The second kappa shape index (κ2) is 10.7. The molecule has 176 valence electrons. The highest BCUT2D eigenvalue weighted by atomic mass is 19.2. The Balaban J connectivity index is 0.000000248. The molecule has 1 aliphatic heterocycles. The molecule has 0 spiro atoms. The molecule has 1 amide bonds. The maximum Gasteiger partial charge on any atom is 0.335 e. The molecule has 0 saturated carbocycles. The molecule has 3 N–H and O–H groups in total. The van der Waals surface area contributed by atoms with Crippen molar-refractivity contribution in [3.63, 3.8) is 0 Å². The van der Waals surface area contributed by atoms with Gasteiger partial charge in [-0.25, -0.2) is 13.6 Å². The Morgan fingerprint density at radius 2 is 1.76 bits per heavy atom. The van der Waals surface area contributed by atoms with Crippen molar-refractivity contribution in [2.45, 2.75) is 13.1 Å². The summed E-state index contributed by atoms with van der Waals surface area (Å²) >= 11 is 0. The van der Waals surface area contributed by atoms with E-state index in [2.05, 4.69) is 0 Å². The molecular formula is C25H22F2N2O5. The number of carbonyl (C=O) groups is 3. The number of carboxylic acid groups (broad SMARTS) is 1. The van der Waals surface area contributed by atoms with E-state index in [4.69, 9.17) is 15.6 Å². The van der Waals surface area contributed by atoms with E-state index in [-0.39, 0.29) is 24.4 Å². The maximum atomic E-state index is 13.3. The molecule has 9 heteroatoms. The van der Waals surface area contributed by atoms with E-state index >= 15 is 0 Å². The number of Topliss-reactive ketones (excluding diaryl/α,β-unsaturated/α-hetero) is 1. The number of amides is 1. The summed E-state index contributed by atoms with van der Waals surface area (Å²) in [4.78, 5) is 35.6. The Labute approximate surface area is 194 Å². The van der Waals surface area contributed by atoms with Crippen molar-refractivity contribution in [3.8, 4) is 5.75 Å². The van der Waals surface area contributed by atoms with Gasteiger partial charge in [-0.05, 0) is 53.6 Å². The lowest BCUT2D eigenvalue weighted by molar-refractivity contribution is 0.0695. The van der Waals surface area contributed by atoms with Crippen LogP contribution >= 0.6 is 0 Å². The van der Waals surface area contributed by atoms with Gasteiger partial charge in [0.1, 0.15) is 5.75 Å². The quantitative estimate of drug-likeness (QED) is 0.592. The number of nitrogens with two attached hydrogens (primary N) is 1. The minimum absolute atomic E-state index is 0.117. The van der Waals surface area contributed by atoms with Crippen molar-refractivity contribution in [1.29, 1.82) is 0 Å². The minimum Gasteiger partial charge on any atom is -0.497 e. The van der Waals surface area contributed by atoms with Crippen LogP contribution in [0.2, 0.25) is 0 Å². The molecule has 0 aliphatic carbocycles. The number of nitrogens with zero attached hydrogens (tertiary/aromatic N) is 1. The molecule has 0 fully saturated rings. The number of aromatic carboxylic acids is 1. The lowest BCUT2D eigenvalue weighted by atomic mass is 9.96. The number of carbonyl (C=O) groups excluding carboxylic acids is 2. The number of methoxy groups -OCH3 is 1. The van der Waals surface area contributed by atoms with Gasteiger partial charge in [-0.3, -0.25) is 14.5 Å². The van der Waals surface area contributed by atoms with Crippen molar-refractivity contribution >= 4 is 17.7 Å². The third-order valence-corrected chi connectivity index (χ3v) is 5.16. The summed E-state index contributed by atoms with van der Waals surface area (Å²) in [6.07, 6.45) is 0. The van der Waals surface area contributed by atoms with Gasteiger partial charge in [0.05, 0.1) is 19.2 Å². The topological polar surface area (TPSA) is 110 Å². The highest BCUT2D eigenvalue weighted by Gasteiger charge is 2.24. The first kappa shape index (κ1) is 24.5. The molecule has 0 atom stereocenters. The number of ether oxygens (including phenoxy) is 1. The van der Waals surface area contributed by atoms with E-state index in [0.29, 0.717) is 34.5 Å². The van der Waals surface area contributed by atoms with Gasteiger partial charge in [-0.1, -0.05) is 18.2 Å². The summed E-state index contributed by atoms with van der Waals surface area (Å²) in [5.41, 5.74) is 7.31. The Kier molecular flexibility index (Phi) is 7.70. The van der Waals surface area contributed by atoms with Gasteiger partial charge in [-0.2, -0.15) is 0 Å². The van der Waals surface area contributed by atoms with Crippen LogP contribution in [0.1, 0.15) is 42.2 Å². The first-order chi connectivity index (χ1) is 16.2. The van der Waals surface area contributed by atoms with Crippen LogP contribution in [0.4, 0.5) is 8.78 Å².